The van der Waals surface area contributed by atoms with Gasteiger partial charge in [-0.25, -0.2) is 0 Å². The third-order valence-electron chi connectivity index (χ3n) is 4.50. The van der Waals surface area contributed by atoms with Crippen LogP contribution in [-0.4, -0.2) is 41.8 Å². The van der Waals surface area contributed by atoms with Gasteiger partial charge in [0.1, 0.15) is 18.1 Å². The third kappa shape index (κ3) is 3.95. The van der Waals surface area contributed by atoms with E-state index in [1.54, 1.807) is 12.0 Å². The summed E-state index contributed by atoms with van der Waals surface area (Å²) in [7, 11) is 3.46. The maximum Gasteiger partial charge on any atom is 0.229 e. The maximum absolute atomic E-state index is 12.8. The molecule has 1 aliphatic rings. The van der Waals surface area contributed by atoms with Crippen molar-refractivity contribution in [2.24, 2.45) is 5.92 Å². The van der Waals surface area contributed by atoms with Gasteiger partial charge in [-0.2, -0.15) is 5.10 Å². The van der Waals surface area contributed by atoms with Crippen LogP contribution in [0.4, 0.5) is 0 Å². The predicted molar refractivity (Wildman–Crippen MR) is 94.7 cm³/mol. The molecule has 2 aromatic rings. The number of fused-ring (bicyclic) bond motifs is 1. The Morgan fingerprint density at radius 3 is 3.04 bits per heavy atom. The van der Waals surface area contributed by atoms with Gasteiger partial charge in [-0.3, -0.25) is 9.89 Å². The summed E-state index contributed by atoms with van der Waals surface area (Å²) in [6, 6.07) is 7.75. The number of carbonyl (C=O) groups is 1. The van der Waals surface area contributed by atoms with Crippen LogP contribution in [0.25, 0.3) is 0 Å². The standard InChI is InChI=1S/C19H25N3O3/c1-4-5-15-10-16(21-20-15)11-22(2)19(23)14-8-13-9-17(24-3)6-7-18(13)25-12-14/h6-7,9-10,14H,4-5,8,11-12H2,1-3H3,(H,20,21). The van der Waals surface area contributed by atoms with E-state index in [9.17, 15) is 4.79 Å². The van der Waals surface area contributed by atoms with Crippen molar-refractivity contribution in [3.05, 3.63) is 41.2 Å². The number of carbonyl (C=O) groups excluding carboxylic acids is 1. The molecule has 1 aromatic heterocycles. The smallest absolute Gasteiger partial charge is 0.229 e. The molecule has 2 heterocycles. The maximum atomic E-state index is 12.8. The Labute approximate surface area is 148 Å². The molecule has 1 atom stereocenters. The second kappa shape index (κ2) is 7.59. The van der Waals surface area contributed by atoms with E-state index in [1.165, 1.54) is 0 Å². The molecule has 134 valence electrons. The summed E-state index contributed by atoms with van der Waals surface area (Å²) in [5.41, 5.74) is 3.02. The minimum atomic E-state index is -0.178. The van der Waals surface area contributed by atoms with E-state index in [-0.39, 0.29) is 11.8 Å². The van der Waals surface area contributed by atoms with Crippen molar-refractivity contribution in [3.8, 4) is 11.5 Å². The molecule has 6 heteroatoms. The highest BCUT2D eigenvalue weighted by Crippen LogP contribution is 2.31. The number of aromatic amines is 1. The molecule has 1 N–H and O–H groups in total. The Hall–Kier alpha value is -2.50. The van der Waals surface area contributed by atoms with Gasteiger partial charge in [-0.15, -0.1) is 0 Å². The van der Waals surface area contributed by atoms with Crippen molar-refractivity contribution in [3.63, 3.8) is 0 Å². The van der Waals surface area contributed by atoms with E-state index in [0.29, 0.717) is 19.6 Å². The quantitative estimate of drug-likeness (QED) is 0.875. The lowest BCUT2D eigenvalue weighted by Gasteiger charge is -2.28. The van der Waals surface area contributed by atoms with Gasteiger partial charge in [0.05, 0.1) is 31.0 Å². The SMILES string of the molecule is CCCc1cc(CN(C)C(=O)C2COc3ccc(OC)cc3C2)[nH]n1. The number of ether oxygens (including phenoxy) is 2. The fourth-order valence-electron chi connectivity index (χ4n) is 3.18. The zero-order valence-corrected chi connectivity index (χ0v) is 15.0. The highest BCUT2D eigenvalue weighted by atomic mass is 16.5. The molecule has 3 rings (SSSR count). The van der Waals surface area contributed by atoms with Crippen molar-refractivity contribution >= 4 is 5.91 Å². The molecule has 0 spiro atoms. The zero-order chi connectivity index (χ0) is 17.8. The molecule has 6 nitrogen and oxygen atoms in total. The average molecular weight is 343 g/mol. The molecular formula is C19H25N3O3. The predicted octanol–water partition coefficient (Wildman–Crippen LogP) is 2.58. The molecule has 1 amide bonds. The lowest BCUT2D eigenvalue weighted by Crippen LogP contribution is -2.38. The van der Waals surface area contributed by atoms with E-state index in [1.807, 2.05) is 31.3 Å². The number of H-pyrrole nitrogens is 1. The van der Waals surface area contributed by atoms with Crippen molar-refractivity contribution in [2.75, 3.05) is 20.8 Å². The van der Waals surface area contributed by atoms with Crippen LogP contribution in [0.1, 0.15) is 30.3 Å². The second-order valence-electron chi connectivity index (χ2n) is 6.51. The van der Waals surface area contributed by atoms with E-state index in [2.05, 4.69) is 17.1 Å². The number of hydrogen-bond acceptors (Lipinski definition) is 4. The van der Waals surface area contributed by atoms with E-state index in [0.717, 1.165) is 41.3 Å². The first kappa shape index (κ1) is 17.3. The molecule has 0 aliphatic carbocycles. The van der Waals surface area contributed by atoms with Crippen LogP contribution in [0.2, 0.25) is 0 Å². The first-order valence-electron chi connectivity index (χ1n) is 8.68. The van der Waals surface area contributed by atoms with Crippen molar-refractivity contribution in [2.45, 2.75) is 32.7 Å². The second-order valence-corrected chi connectivity index (χ2v) is 6.51. The van der Waals surface area contributed by atoms with Crippen LogP contribution in [0.5, 0.6) is 11.5 Å². The first-order chi connectivity index (χ1) is 12.1. The molecule has 1 aromatic carbocycles. The summed E-state index contributed by atoms with van der Waals surface area (Å²) in [5.74, 6) is 1.53. The van der Waals surface area contributed by atoms with Crippen molar-refractivity contribution < 1.29 is 14.3 Å². The Kier molecular flexibility index (Phi) is 5.26. The van der Waals surface area contributed by atoms with Crippen LogP contribution in [0, 0.1) is 5.92 Å². The van der Waals surface area contributed by atoms with Gasteiger partial charge in [-0.05, 0) is 42.7 Å². The van der Waals surface area contributed by atoms with Gasteiger partial charge in [0.25, 0.3) is 0 Å². The molecule has 0 saturated heterocycles. The summed E-state index contributed by atoms with van der Waals surface area (Å²) in [5, 5.41) is 7.30. The van der Waals surface area contributed by atoms with Crippen LogP contribution in [0.3, 0.4) is 0 Å². The Bertz CT molecular complexity index is 741. The number of amides is 1. The number of hydrogen-bond donors (Lipinski definition) is 1. The fraction of sp³-hybridized carbons (Fsp3) is 0.474. The molecule has 25 heavy (non-hydrogen) atoms. The number of nitrogens with one attached hydrogen (secondary N) is 1. The summed E-state index contributed by atoms with van der Waals surface area (Å²) in [4.78, 5) is 14.5. The van der Waals surface area contributed by atoms with Gasteiger partial charge in [0.15, 0.2) is 0 Å². The summed E-state index contributed by atoms with van der Waals surface area (Å²) in [6.07, 6.45) is 2.67. The average Bonchev–Trinajstić information content (AvgIpc) is 3.07. The van der Waals surface area contributed by atoms with Gasteiger partial charge in [0, 0.05) is 7.05 Å². The lowest BCUT2D eigenvalue weighted by molar-refractivity contribution is -0.136. The molecule has 0 fully saturated rings. The van der Waals surface area contributed by atoms with Crippen LogP contribution in [-0.2, 0) is 24.2 Å². The summed E-state index contributed by atoms with van der Waals surface area (Å²) in [6.45, 7) is 3.06. The van der Waals surface area contributed by atoms with Crippen molar-refractivity contribution in [1.82, 2.24) is 15.1 Å². The van der Waals surface area contributed by atoms with E-state index in [4.69, 9.17) is 9.47 Å². The van der Waals surface area contributed by atoms with E-state index < -0.39 is 0 Å². The number of nitrogens with zero attached hydrogens (tertiary/aromatic N) is 2. The number of aryl methyl sites for hydroxylation is 1. The third-order valence-corrected chi connectivity index (χ3v) is 4.50. The largest absolute Gasteiger partial charge is 0.497 e. The van der Waals surface area contributed by atoms with Gasteiger partial charge in [-0.1, -0.05) is 13.3 Å². The normalized spacial score (nSPS) is 16.0. The minimum Gasteiger partial charge on any atom is -0.497 e. The molecule has 0 saturated carbocycles. The Morgan fingerprint density at radius 2 is 2.28 bits per heavy atom. The number of benzene rings is 1. The molecule has 0 bridgehead atoms. The Balaban J connectivity index is 1.63. The first-order valence-corrected chi connectivity index (χ1v) is 8.68. The van der Waals surface area contributed by atoms with Crippen LogP contribution in [0.15, 0.2) is 24.3 Å². The zero-order valence-electron chi connectivity index (χ0n) is 15.0. The van der Waals surface area contributed by atoms with Gasteiger partial charge >= 0.3 is 0 Å². The highest BCUT2D eigenvalue weighted by molar-refractivity contribution is 5.79. The topological polar surface area (TPSA) is 67.5 Å². The number of aromatic nitrogens is 2. The number of rotatable bonds is 6. The van der Waals surface area contributed by atoms with Crippen LogP contribution < -0.4 is 9.47 Å². The van der Waals surface area contributed by atoms with Gasteiger partial charge < -0.3 is 14.4 Å². The molecule has 0 radical (unpaired) electrons. The lowest BCUT2D eigenvalue weighted by atomic mass is 9.95. The Morgan fingerprint density at radius 1 is 1.44 bits per heavy atom. The van der Waals surface area contributed by atoms with Gasteiger partial charge in [0.2, 0.25) is 5.91 Å². The molecule has 1 aliphatic heterocycles. The van der Waals surface area contributed by atoms with E-state index >= 15 is 0 Å². The fourth-order valence-corrected chi connectivity index (χ4v) is 3.18. The molecule has 1 unspecified atom stereocenters. The highest BCUT2D eigenvalue weighted by Gasteiger charge is 2.28. The molecular weight excluding hydrogens is 318 g/mol. The summed E-state index contributed by atoms with van der Waals surface area (Å²) < 4.78 is 11.0. The van der Waals surface area contributed by atoms with Crippen molar-refractivity contribution in [1.29, 1.82) is 0 Å². The number of methoxy groups -OCH3 is 1. The minimum absolute atomic E-state index is 0.0834. The summed E-state index contributed by atoms with van der Waals surface area (Å²) >= 11 is 0. The van der Waals surface area contributed by atoms with Crippen LogP contribution >= 0.6 is 0 Å². The monoisotopic (exact) mass is 343 g/mol.